The van der Waals surface area contributed by atoms with E-state index < -0.39 is 17.7 Å². The van der Waals surface area contributed by atoms with Crippen LogP contribution in [0.3, 0.4) is 0 Å². The van der Waals surface area contributed by atoms with E-state index in [4.69, 9.17) is 9.47 Å². The molecule has 0 bridgehead atoms. The summed E-state index contributed by atoms with van der Waals surface area (Å²) in [7, 11) is 0. The molecule has 0 unspecified atom stereocenters. The summed E-state index contributed by atoms with van der Waals surface area (Å²) >= 11 is 0. The average Bonchev–Trinajstić information content (AvgIpc) is 2.98. The fourth-order valence-electron chi connectivity index (χ4n) is 6.95. The monoisotopic (exact) mass is 541 g/mol. The number of piperidine rings is 1. The fourth-order valence-corrected chi connectivity index (χ4v) is 6.95. The summed E-state index contributed by atoms with van der Waals surface area (Å²) in [5.41, 5.74) is 0.403. The van der Waals surface area contributed by atoms with Crippen LogP contribution in [0.2, 0.25) is 0 Å². The van der Waals surface area contributed by atoms with Gasteiger partial charge < -0.3 is 24.8 Å². The Morgan fingerprint density at radius 1 is 1.05 bits per heavy atom. The van der Waals surface area contributed by atoms with Gasteiger partial charge in [0.1, 0.15) is 23.4 Å². The molecule has 39 heavy (non-hydrogen) atoms. The lowest BCUT2D eigenvalue weighted by Crippen LogP contribution is -2.75. The normalized spacial score (nSPS) is 26.0. The molecular formula is C31H47N3O5. The van der Waals surface area contributed by atoms with Gasteiger partial charge in [-0.3, -0.25) is 14.5 Å². The third-order valence-corrected chi connectivity index (χ3v) is 9.45. The minimum Gasteiger partial charge on any atom is -0.490 e. The van der Waals surface area contributed by atoms with Crippen LogP contribution in [0.1, 0.15) is 83.1 Å². The second kappa shape index (κ2) is 13.0. The van der Waals surface area contributed by atoms with E-state index in [1.165, 1.54) is 12.0 Å². The van der Waals surface area contributed by atoms with Crippen LogP contribution in [-0.2, 0) is 20.9 Å². The molecule has 1 spiro atoms. The van der Waals surface area contributed by atoms with Crippen LogP contribution in [0.15, 0.2) is 24.3 Å². The SMILES string of the molecule is CCCCN1C(=O)[C@@H]([C@H](O)C2CCCCC2)NC(=O)C12CCN(Cc1ccc(OC3CCOCC3)cc1)CC2. The number of ether oxygens (including phenoxy) is 2. The van der Waals surface area contributed by atoms with Crippen molar-refractivity contribution in [2.45, 2.75) is 108 Å². The van der Waals surface area contributed by atoms with E-state index in [0.29, 0.717) is 19.4 Å². The Hall–Kier alpha value is -2.16. The predicted octanol–water partition coefficient (Wildman–Crippen LogP) is 3.65. The Kier molecular flexibility index (Phi) is 9.46. The number of carbonyl (C=O) groups is 2. The molecule has 1 aliphatic carbocycles. The first kappa shape index (κ1) is 28.4. The lowest BCUT2D eigenvalue weighted by atomic mass is 9.78. The zero-order valence-corrected chi connectivity index (χ0v) is 23.6. The molecule has 5 rings (SSSR count). The Morgan fingerprint density at radius 2 is 1.74 bits per heavy atom. The Labute approximate surface area is 233 Å². The molecule has 0 aromatic heterocycles. The van der Waals surface area contributed by atoms with E-state index >= 15 is 0 Å². The number of aliphatic hydroxyl groups excluding tert-OH is 1. The van der Waals surface area contributed by atoms with Gasteiger partial charge in [0.2, 0.25) is 11.8 Å². The summed E-state index contributed by atoms with van der Waals surface area (Å²) in [4.78, 5) is 31.7. The highest BCUT2D eigenvalue weighted by Gasteiger charge is 2.55. The molecule has 1 saturated carbocycles. The van der Waals surface area contributed by atoms with Crippen LogP contribution in [0, 0.1) is 5.92 Å². The van der Waals surface area contributed by atoms with E-state index in [9.17, 15) is 14.7 Å². The van der Waals surface area contributed by atoms with Gasteiger partial charge in [0.25, 0.3) is 0 Å². The van der Waals surface area contributed by atoms with Crippen LogP contribution in [0.5, 0.6) is 5.75 Å². The quantitative estimate of drug-likeness (QED) is 0.496. The second-order valence-corrected chi connectivity index (χ2v) is 12.1. The number of rotatable bonds is 9. The van der Waals surface area contributed by atoms with Crippen LogP contribution in [0.25, 0.3) is 0 Å². The maximum absolute atomic E-state index is 13.8. The van der Waals surface area contributed by atoms with Gasteiger partial charge in [-0.2, -0.15) is 0 Å². The number of nitrogens with one attached hydrogen (secondary N) is 1. The second-order valence-electron chi connectivity index (χ2n) is 12.1. The first-order valence-electron chi connectivity index (χ1n) is 15.4. The minimum atomic E-state index is -0.817. The van der Waals surface area contributed by atoms with E-state index in [1.54, 1.807) is 0 Å². The van der Waals surface area contributed by atoms with E-state index in [0.717, 1.165) is 90.0 Å². The Balaban J connectivity index is 1.20. The van der Waals surface area contributed by atoms with Crippen molar-refractivity contribution in [3.05, 3.63) is 29.8 Å². The number of hydrogen-bond acceptors (Lipinski definition) is 6. The van der Waals surface area contributed by atoms with Crippen molar-refractivity contribution < 1.29 is 24.2 Å². The topological polar surface area (TPSA) is 91.3 Å². The molecule has 8 heteroatoms. The van der Waals surface area contributed by atoms with Gasteiger partial charge >= 0.3 is 0 Å². The van der Waals surface area contributed by atoms with Crippen LogP contribution < -0.4 is 10.1 Å². The number of benzene rings is 1. The minimum absolute atomic E-state index is 0.0765. The van der Waals surface area contributed by atoms with Crippen molar-refractivity contribution in [1.29, 1.82) is 0 Å². The third-order valence-electron chi connectivity index (χ3n) is 9.45. The lowest BCUT2D eigenvalue weighted by molar-refractivity contribution is -0.166. The highest BCUT2D eigenvalue weighted by Crippen LogP contribution is 2.36. The number of amides is 2. The zero-order chi connectivity index (χ0) is 27.2. The molecule has 1 aromatic rings. The molecule has 0 radical (unpaired) electrons. The van der Waals surface area contributed by atoms with Crippen molar-refractivity contribution in [3.63, 3.8) is 0 Å². The van der Waals surface area contributed by atoms with E-state index in [2.05, 4.69) is 29.3 Å². The smallest absolute Gasteiger partial charge is 0.248 e. The maximum atomic E-state index is 13.8. The van der Waals surface area contributed by atoms with Gasteiger partial charge in [0.15, 0.2) is 0 Å². The summed E-state index contributed by atoms with van der Waals surface area (Å²) in [5, 5.41) is 14.2. The highest BCUT2D eigenvalue weighted by atomic mass is 16.5. The highest BCUT2D eigenvalue weighted by molar-refractivity contribution is 6.00. The Bertz CT molecular complexity index is 949. The van der Waals surface area contributed by atoms with Gasteiger partial charge in [-0.15, -0.1) is 0 Å². The average molecular weight is 542 g/mol. The summed E-state index contributed by atoms with van der Waals surface area (Å²) in [6.45, 7) is 6.52. The number of nitrogens with zero attached hydrogens (tertiary/aromatic N) is 2. The molecule has 4 aliphatic rings. The van der Waals surface area contributed by atoms with Gasteiger partial charge in [-0.05, 0) is 55.7 Å². The Morgan fingerprint density at radius 3 is 2.41 bits per heavy atom. The van der Waals surface area contributed by atoms with Gasteiger partial charge in [0.05, 0.1) is 19.3 Å². The first-order valence-corrected chi connectivity index (χ1v) is 15.4. The fraction of sp³-hybridized carbons (Fsp3) is 0.742. The largest absolute Gasteiger partial charge is 0.490 e. The number of piperazine rings is 1. The van der Waals surface area contributed by atoms with Crippen molar-refractivity contribution in [1.82, 2.24) is 15.1 Å². The number of likely N-dealkylation sites (tertiary alicyclic amines) is 1. The number of carbonyl (C=O) groups excluding carboxylic acids is 2. The zero-order valence-electron chi connectivity index (χ0n) is 23.6. The van der Waals surface area contributed by atoms with E-state index in [1.807, 2.05) is 17.0 Å². The lowest BCUT2D eigenvalue weighted by Gasteiger charge is -2.52. The van der Waals surface area contributed by atoms with Crippen LogP contribution in [0.4, 0.5) is 0 Å². The molecular weight excluding hydrogens is 494 g/mol. The predicted molar refractivity (Wildman–Crippen MR) is 149 cm³/mol. The van der Waals surface area contributed by atoms with Crippen molar-refractivity contribution >= 4 is 11.8 Å². The summed E-state index contributed by atoms with van der Waals surface area (Å²) in [5.74, 6) is 0.824. The molecule has 3 heterocycles. The summed E-state index contributed by atoms with van der Waals surface area (Å²) in [6.07, 6.45) is 9.55. The van der Waals surface area contributed by atoms with Crippen molar-refractivity contribution in [2.24, 2.45) is 5.92 Å². The number of unbranched alkanes of at least 4 members (excludes halogenated alkanes) is 1. The van der Waals surface area contributed by atoms with Crippen LogP contribution in [-0.4, -0.2) is 83.4 Å². The third kappa shape index (κ3) is 6.44. The molecule has 4 fully saturated rings. The van der Waals surface area contributed by atoms with Gasteiger partial charge in [0, 0.05) is 39.0 Å². The summed E-state index contributed by atoms with van der Waals surface area (Å²) < 4.78 is 11.5. The molecule has 216 valence electrons. The molecule has 2 atom stereocenters. The standard InChI is InChI=1S/C31H47N3O5/c1-2-3-17-34-29(36)27(28(35)24-7-5-4-6-8-24)32-30(37)31(34)15-18-33(19-16-31)22-23-9-11-25(12-10-23)39-26-13-20-38-21-14-26/h9-12,24,26-28,35H,2-8,13-22H2,1H3,(H,32,37)/t27-,28-/m1/s1. The van der Waals surface area contributed by atoms with E-state index in [-0.39, 0.29) is 23.8 Å². The van der Waals surface area contributed by atoms with Crippen molar-refractivity contribution in [3.8, 4) is 5.75 Å². The maximum Gasteiger partial charge on any atom is 0.248 e. The number of aliphatic hydroxyl groups is 1. The van der Waals surface area contributed by atoms with Gasteiger partial charge in [-0.25, -0.2) is 0 Å². The molecule has 1 aromatic carbocycles. The van der Waals surface area contributed by atoms with Crippen LogP contribution >= 0.6 is 0 Å². The van der Waals surface area contributed by atoms with Crippen molar-refractivity contribution in [2.75, 3.05) is 32.8 Å². The summed E-state index contributed by atoms with van der Waals surface area (Å²) in [6, 6.07) is 7.53. The molecule has 3 aliphatic heterocycles. The molecule has 2 N–H and O–H groups in total. The molecule has 3 saturated heterocycles. The number of hydrogen-bond donors (Lipinski definition) is 2. The first-order chi connectivity index (χ1) is 19.0. The molecule has 8 nitrogen and oxygen atoms in total. The van der Waals surface area contributed by atoms with Gasteiger partial charge in [-0.1, -0.05) is 44.7 Å². The molecule has 2 amide bonds.